The number of likely N-dealkylation sites (tertiary alicyclic amines) is 1. The highest BCUT2D eigenvalue weighted by molar-refractivity contribution is 5.90. The van der Waals surface area contributed by atoms with Crippen LogP contribution in [-0.4, -0.2) is 53.3 Å². The molecule has 1 aliphatic rings. The molecule has 3 rings (SSSR count). The molecule has 1 heterocycles. The van der Waals surface area contributed by atoms with Crippen molar-refractivity contribution in [3.05, 3.63) is 71.3 Å². The van der Waals surface area contributed by atoms with E-state index in [1.165, 1.54) is 36.3 Å². The number of methoxy groups -OCH3 is 1. The summed E-state index contributed by atoms with van der Waals surface area (Å²) >= 11 is 0. The minimum absolute atomic E-state index is 0.0504. The lowest BCUT2D eigenvalue weighted by atomic mass is 9.79. The molecule has 35 heavy (non-hydrogen) atoms. The van der Waals surface area contributed by atoms with E-state index in [2.05, 4.69) is 5.48 Å². The highest BCUT2D eigenvalue weighted by Crippen LogP contribution is 2.39. The van der Waals surface area contributed by atoms with Gasteiger partial charge in [0, 0.05) is 6.54 Å². The summed E-state index contributed by atoms with van der Waals surface area (Å²) in [5.74, 6) is -1.72. The van der Waals surface area contributed by atoms with Gasteiger partial charge in [0.15, 0.2) is 5.54 Å². The molecule has 9 nitrogen and oxygen atoms in total. The van der Waals surface area contributed by atoms with Gasteiger partial charge in [-0.05, 0) is 56.9 Å². The largest absolute Gasteiger partial charge is 0.479 e. The Kier molecular flexibility index (Phi) is 8.14. The normalized spacial score (nSPS) is 20.2. The first-order valence-corrected chi connectivity index (χ1v) is 11.4. The molecule has 1 amide bonds. The first kappa shape index (κ1) is 26.2. The maximum absolute atomic E-state index is 13.3. The van der Waals surface area contributed by atoms with Gasteiger partial charge in [0.05, 0.1) is 25.3 Å². The first-order valence-electron chi connectivity index (χ1n) is 11.4. The molecule has 1 aliphatic heterocycles. The Morgan fingerprint density at radius 2 is 1.74 bits per heavy atom. The number of hydrogen-bond acceptors (Lipinski definition) is 7. The van der Waals surface area contributed by atoms with Crippen molar-refractivity contribution in [3.63, 3.8) is 0 Å². The van der Waals surface area contributed by atoms with Crippen LogP contribution in [0.15, 0.2) is 54.6 Å². The van der Waals surface area contributed by atoms with Crippen molar-refractivity contribution in [3.8, 4) is 0 Å². The number of nitrogens with zero attached hydrogens (tertiary/aromatic N) is 1. The zero-order chi connectivity index (χ0) is 25.6. The van der Waals surface area contributed by atoms with Crippen molar-refractivity contribution in [1.29, 1.82) is 0 Å². The Labute approximate surface area is 204 Å². The van der Waals surface area contributed by atoms with Crippen LogP contribution >= 0.6 is 0 Å². The van der Waals surface area contributed by atoms with Gasteiger partial charge in [-0.15, -0.1) is 0 Å². The molecule has 2 N–H and O–H groups in total. The average molecular weight is 485 g/mol. The number of piperidine rings is 1. The number of carbonyl (C=O) groups excluding carboxylic acids is 2. The molecule has 2 aromatic carbocycles. The second-order valence-corrected chi connectivity index (χ2v) is 9.45. The summed E-state index contributed by atoms with van der Waals surface area (Å²) in [4.78, 5) is 44.7. The summed E-state index contributed by atoms with van der Waals surface area (Å²) in [6, 6.07) is 15.4. The molecule has 188 valence electrons. The van der Waals surface area contributed by atoms with E-state index in [-0.39, 0.29) is 24.6 Å². The van der Waals surface area contributed by atoms with Crippen molar-refractivity contribution in [2.75, 3.05) is 13.7 Å². The number of hydroxylamine groups is 1. The summed E-state index contributed by atoms with van der Waals surface area (Å²) < 4.78 is 10.3. The average Bonchev–Trinajstić information content (AvgIpc) is 2.83. The first-order chi connectivity index (χ1) is 16.6. The van der Waals surface area contributed by atoms with E-state index < -0.39 is 29.2 Å². The number of carboxylic acids is 1. The van der Waals surface area contributed by atoms with Crippen molar-refractivity contribution in [2.24, 2.45) is 0 Å². The minimum Gasteiger partial charge on any atom is -0.479 e. The summed E-state index contributed by atoms with van der Waals surface area (Å²) in [5.41, 5.74) is 2.11. The summed E-state index contributed by atoms with van der Waals surface area (Å²) in [6.45, 7) is 5.54. The third-order valence-corrected chi connectivity index (χ3v) is 5.80. The second kappa shape index (κ2) is 10.9. The lowest BCUT2D eigenvalue weighted by Crippen LogP contribution is -2.62. The summed E-state index contributed by atoms with van der Waals surface area (Å²) in [6.07, 6.45) is -0.198. The van der Waals surface area contributed by atoms with Crippen LogP contribution in [0.4, 0.5) is 4.79 Å². The highest BCUT2D eigenvalue weighted by Gasteiger charge is 2.53. The maximum Gasteiger partial charge on any atom is 0.411 e. The van der Waals surface area contributed by atoms with E-state index in [1.54, 1.807) is 20.8 Å². The van der Waals surface area contributed by atoms with Crippen molar-refractivity contribution in [2.45, 2.75) is 57.4 Å². The molecular formula is C26H32N2O7. The molecule has 1 saturated heterocycles. The molecule has 2 aromatic rings. The molecule has 0 bridgehead atoms. The van der Waals surface area contributed by atoms with Gasteiger partial charge in [0.1, 0.15) is 5.60 Å². The molecule has 0 saturated carbocycles. The number of carbonyl (C=O) groups is 3. The summed E-state index contributed by atoms with van der Waals surface area (Å²) in [5, 5.41) is 10.4. The molecule has 1 fully saturated rings. The fourth-order valence-electron chi connectivity index (χ4n) is 4.09. The molecule has 0 spiro atoms. The molecule has 0 unspecified atom stereocenters. The molecule has 9 heteroatoms. The van der Waals surface area contributed by atoms with Gasteiger partial charge in [-0.2, -0.15) is 5.48 Å². The van der Waals surface area contributed by atoms with Crippen molar-refractivity contribution < 1.29 is 33.8 Å². The Bertz CT molecular complexity index is 1030. The molecule has 0 radical (unpaired) electrons. The Hall–Kier alpha value is -3.43. The predicted octanol–water partition coefficient (Wildman–Crippen LogP) is 3.87. The number of nitrogens with one attached hydrogen (secondary N) is 1. The molecular weight excluding hydrogens is 452 g/mol. The Morgan fingerprint density at radius 1 is 1.09 bits per heavy atom. The predicted molar refractivity (Wildman–Crippen MR) is 127 cm³/mol. The van der Waals surface area contributed by atoms with E-state index in [1.807, 2.05) is 30.3 Å². The SMILES string of the molecule is COC(=O)c1ccc([C@]2(C(=O)O)CC[C@@H](NOCc3ccccc3)CN2C(=O)OC(C)(C)C)cc1. The van der Waals surface area contributed by atoms with Crippen molar-refractivity contribution >= 4 is 18.0 Å². The van der Waals surface area contributed by atoms with Gasteiger partial charge in [-0.25, -0.2) is 14.4 Å². The zero-order valence-corrected chi connectivity index (χ0v) is 20.4. The quantitative estimate of drug-likeness (QED) is 0.450. The van der Waals surface area contributed by atoms with Crippen LogP contribution in [0.5, 0.6) is 0 Å². The number of carboxylic acid groups (broad SMARTS) is 1. The van der Waals surface area contributed by atoms with Gasteiger partial charge in [-0.1, -0.05) is 42.5 Å². The van der Waals surface area contributed by atoms with E-state index in [4.69, 9.17) is 14.3 Å². The van der Waals surface area contributed by atoms with Crippen molar-refractivity contribution in [1.82, 2.24) is 10.4 Å². The third-order valence-electron chi connectivity index (χ3n) is 5.80. The number of aliphatic carboxylic acids is 1. The van der Waals surface area contributed by atoms with Crippen LogP contribution in [0.25, 0.3) is 0 Å². The zero-order valence-electron chi connectivity index (χ0n) is 20.4. The van der Waals surface area contributed by atoms with Gasteiger partial charge in [0.25, 0.3) is 0 Å². The summed E-state index contributed by atoms with van der Waals surface area (Å²) in [7, 11) is 1.27. The van der Waals surface area contributed by atoms with Gasteiger partial charge in [-0.3, -0.25) is 9.74 Å². The molecule has 0 aliphatic carbocycles. The topological polar surface area (TPSA) is 114 Å². The van der Waals surface area contributed by atoms with Crippen LogP contribution in [0.2, 0.25) is 0 Å². The van der Waals surface area contributed by atoms with Crippen LogP contribution in [0.1, 0.15) is 55.1 Å². The maximum atomic E-state index is 13.3. The number of amides is 1. The van der Waals surface area contributed by atoms with Crippen LogP contribution in [-0.2, 0) is 31.3 Å². The minimum atomic E-state index is -1.67. The Balaban J connectivity index is 1.87. The molecule has 2 atom stereocenters. The van der Waals surface area contributed by atoms with Crippen LogP contribution < -0.4 is 5.48 Å². The van der Waals surface area contributed by atoms with Gasteiger partial charge >= 0.3 is 18.0 Å². The fourth-order valence-corrected chi connectivity index (χ4v) is 4.09. The lowest BCUT2D eigenvalue weighted by molar-refractivity contribution is -0.157. The second-order valence-electron chi connectivity index (χ2n) is 9.45. The molecule has 0 aromatic heterocycles. The fraction of sp³-hybridized carbons (Fsp3) is 0.423. The number of hydrogen-bond donors (Lipinski definition) is 2. The number of ether oxygens (including phenoxy) is 2. The van der Waals surface area contributed by atoms with Gasteiger partial charge in [0.2, 0.25) is 0 Å². The monoisotopic (exact) mass is 484 g/mol. The van der Waals surface area contributed by atoms with E-state index >= 15 is 0 Å². The highest BCUT2D eigenvalue weighted by atomic mass is 16.6. The number of esters is 1. The van der Waals surface area contributed by atoms with E-state index in [9.17, 15) is 19.5 Å². The smallest absolute Gasteiger partial charge is 0.411 e. The third kappa shape index (κ3) is 6.17. The number of benzene rings is 2. The van der Waals surface area contributed by atoms with E-state index in [0.717, 1.165) is 5.56 Å². The van der Waals surface area contributed by atoms with Crippen LogP contribution in [0, 0.1) is 0 Å². The Morgan fingerprint density at radius 3 is 2.31 bits per heavy atom. The standard InChI is InChI=1S/C26H32N2O7/c1-25(2,3)35-24(32)28-16-21(27-34-17-18-8-6-5-7-9-18)14-15-26(28,23(30)31)20-12-10-19(11-13-20)22(29)33-4/h5-13,21,27H,14-17H2,1-4H3,(H,30,31)/t21-,26+/m1/s1. The van der Waals surface area contributed by atoms with Gasteiger partial charge < -0.3 is 14.6 Å². The number of rotatable bonds is 7. The van der Waals surface area contributed by atoms with Crippen LogP contribution in [0.3, 0.4) is 0 Å². The lowest BCUT2D eigenvalue weighted by Gasteiger charge is -2.46. The van der Waals surface area contributed by atoms with E-state index in [0.29, 0.717) is 18.6 Å².